The lowest BCUT2D eigenvalue weighted by atomic mass is 10.1. The zero-order chi connectivity index (χ0) is 13.8. The van der Waals surface area contributed by atoms with E-state index in [1.54, 1.807) is 11.8 Å². The minimum Gasteiger partial charge on any atom is -0.373 e. The quantitative estimate of drug-likeness (QED) is 0.860. The highest BCUT2D eigenvalue weighted by molar-refractivity contribution is 7.98. The number of nitrogens with one attached hydrogen (secondary N) is 1. The van der Waals surface area contributed by atoms with Gasteiger partial charge in [0.15, 0.2) is 5.82 Å². The molecule has 0 bridgehead atoms. The Bertz CT molecular complexity index is 539. The normalized spacial score (nSPS) is 10.5. The van der Waals surface area contributed by atoms with Gasteiger partial charge in [0.2, 0.25) is 0 Å². The molecule has 0 aliphatic carbocycles. The predicted octanol–water partition coefficient (Wildman–Crippen LogP) is 3.78. The Morgan fingerprint density at radius 3 is 2.37 bits per heavy atom. The lowest BCUT2D eigenvalue weighted by Gasteiger charge is -2.11. The van der Waals surface area contributed by atoms with Crippen LogP contribution in [0, 0.1) is 6.92 Å². The van der Waals surface area contributed by atoms with E-state index in [2.05, 4.69) is 59.7 Å². The summed E-state index contributed by atoms with van der Waals surface area (Å²) in [5.74, 6) is 1.70. The molecule has 4 heteroatoms. The van der Waals surface area contributed by atoms with Crippen LogP contribution in [0.5, 0.6) is 0 Å². The maximum absolute atomic E-state index is 4.67. The van der Waals surface area contributed by atoms with Crippen LogP contribution in [0.4, 0.5) is 5.82 Å². The number of benzene rings is 1. The summed E-state index contributed by atoms with van der Waals surface area (Å²) in [6.45, 7) is 4.18. The average molecular weight is 273 g/mol. The fourth-order valence-corrected chi connectivity index (χ4v) is 2.43. The fraction of sp³-hybridized carbons (Fsp3) is 0.333. The van der Waals surface area contributed by atoms with Gasteiger partial charge in [0, 0.05) is 28.8 Å². The second kappa shape index (κ2) is 6.06. The van der Waals surface area contributed by atoms with E-state index in [0.717, 1.165) is 34.9 Å². The van der Waals surface area contributed by atoms with Gasteiger partial charge in [-0.25, -0.2) is 9.97 Å². The molecular formula is C15H19N3S. The predicted molar refractivity (Wildman–Crippen MR) is 82.9 cm³/mol. The Labute approximate surface area is 118 Å². The molecule has 1 aromatic carbocycles. The van der Waals surface area contributed by atoms with Gasteiger partial charge in [0.05, 0.1) is 0 Å². The van der Waals surface area contributed by atoms with Gasteiger partial charge in [0.25, 0.3) is 0 Å². The molecule has 1 N–H and O–H groups in total. The summed E-state index contributed by atoms with van der Waals surface area (Å²) < 4.78 is 0. The van der Waals surface area contributed by atoms with Crippen LogP contribution in [-0.4, -0.2) is 23.3 Å². The lowest BCUT2D eigenvalue weighted by molar-refractivity contribution is 0.977. The minimum absolute atomic E-state index is 0.791. The smallest absolute Gasteiger partial charge is 0.161 e. The first-order chi connectivity index (χ1) is 9.19. The summed E-state index contributed by atoms with van der Waals surface area (Å²) in [4.78, 5) is 10.5. The van der Waals surface area contributed by atoms with Gasteiger partial charge in [-0.3, -0.25) is 0 Å². The SMILES string of the molecule is CCc1nc(-c2ccc(SC)cc2)nc(NC)c1C. The van der Waals surface area contributed by atoms with Crippen LogP contribution in [0.25, 0.3) is 11.4 Å². The van der Waals surface area contributed by atoms with Crippen LogP contribution >= 0.6 is 11.8 Å². The molecule has 0 atom stereocenters. The van der Waals surface area contributed by atoms with Crippen molar-refractivity contribution in [3.63, 3.8) is 0 Å². The van der Waals surface area contributed by atoms with Gasteiger partial charge >= 0.3 is 0 Å². The summed E-state index contributed by atoms with van der Waals surface area (Å²) in [6, 6.07) is 8.37. The van der Waals surface area contributed by atoms with Gasteiger partial charge in [-0.2, -0.15) is 0 Å². The maximum atomic E-state index is 4.67. The number of anilines is 1. The van der Waals surface area contributed by atoms with Gasteiger partial charge in [-0.15, -0.1) is 11.8 Å². The highest BCUT2D eigenvalue weighted by Gasteiger charge is 2.10. The molecule has 0 aliphatic heterocycles. The molecule has 0 saturated heterocycles. The largest absolute Gasteiger partial charge is 0.373 e. The van der Waals surface area contributed by atoms with Crippen LogP contribution in [0.2, 0.25) is 0 Å². The topological polar surface area (TPSA) is 37.8 Å². The molecule has 0 aliphatic rings. The third-order valence-electron chi connectivity index (χ3n) is 3.17. The summed E-state index contributed by atoms with van der Waals surface area (Å²) in [6.07, 6.45) is 2.99. The molecule has 3 nitrogen and oxygen atoms in total. The second-order valence-corrected chi connectivity index (χ2v) is 5.18. The molecule has 0 fully saturated rings. The van der Waals surface area contributed by atoms with Crippen molar-refractivity contribution in [2.75, 3.05) is 18.6 Å². The van der Waals surface area contributed by atoms with Crippen molar-refractivity contribution in [2.24, 2.45) is 0 Å². The minimum atomic E-state index is 0.791. The van der Waals surface area contributed by atoms with Crippen LogP contribution in [0.15, 0.2) is 29.2 Å². The van der Waals surface area contributed by atoms with Gasteiger partial charge in [0.1, 0.15) is 5.82 Å². The van der Waals surface area contributed by atoms with Crippen molar-refractivity contribution in [2.45, 2.75) is 25.2 Å². The van der Waals surface area contributed by atoms with Crippen molar-refractivity contribution >= 4 is 17.6 Å². The maximum Gasteiger partial charge on any atom is 0.161 e. The molecule has 2 rings (SSSR count). The van der Waals surface area contributed by atoms with Crippen LogP contribution in [0.3, 0.4) is 0 Å². The average Bonchev–Trinajstić information content (AvgIpc) is 2.47. The van der Waals surface area contributed by atoms with Gasteiger partial charge in [-0.05, 0) is 31.7 Å². The number of rotatable bonds is 4. The van der Waals surface area contributed by atoms with E-state index in [1.165, 1.54) is 4.90 Å². The van der Waals surface area contributed by atoms with E-state index in [9.17, 15) is 0 Å². The first-order valence-electron chi connectivity index (χ1n) is 6.39. The lowest BCUT2D eigenvalue weighted by Crippen LogP contribution is -2.04. The van der Waals surface area contributed by atoms with Crippen LogP contribution in [-0.2, 0) is 6.42 Å². The molecule has 0 amide bonds. The molecule has 100 valence electrons. The zero-order valence-corrected chi connectivity index (χ0v) is 12.6. The number of aromatic nitrogens is 2. The molecule has 0 radical (unpaired) electrons. The highest BCUT2D eigenvalue weighted by Crippen LogP contribution is 2.24. The van der Waals surface area contributed by atoms with Gasteiger partial charge < -0.3 is 5.32 Å². The Morgan fingerprint density at radius 1 is 1.16 bits per heavy atom. The van der Waals surface area contributed by atoms with Crippen molar-refractivity contribution in [1.29, 1.82) is 0 Å². The first kappa shape index (κ1) is 13.9. The van der Waals surface area contributed by atoms with Crippen molar-refractivity contribution in [3.8, 4) is 11.4 Å². The third kappa shape index (κ3) is 2.89. The van der Waals surface area contributed by atoms with E-state index >= 15 is 0 Å². The molecule has 0 unspecified atom stereocenters. The van der Waals surface area contributed by atoms with E-state index < -0.39 is 0 Å². The number of nitrogens with zero attached hydrogens (tertiary/aromatic N) is 2. The van der Waals surface area contributed by atoms with E-state index in [-0.39, 0.29) is 0 Å². The van der Waals surface area contributed by atoms with Crippen molar-refractivity contribution in [1.82, 2.24) is 9.97 Å². The number of hydrogen-bond acceptors (Lipinski definition) is 4. The summed E-state index contributed by atoms with van der Waals surface area (Å²) in [5, 5.41) is 3.15. The Balaban J connectivity index is 2.48. The van der Waals surface area contributed by atoms with Crippen molar-refractivity contribution < 1.29 is 0 Å². The molecule has 2 aromatic rings. The Hall–Kier alpha value is -1.55. The van der Waals surface area contributed by atoms with E-state index in [0.29, 0.717) is 0 Å². The number of aryl methyl sites for hydroxylation is 1. The highest BCUT2D eigenvalue weighted by atomic mass is 32.2. The molecule has 19 heavy (non-hydrogen) atoms. The number of thioether (sulfide) groups is 1. The molecule has 1 heterocycles. The molecule has 1 aromatic heterocycles. The standard InChI is InChI=1S/C15H19N3S/c1-5-13-10(2)14(16-3)18-15(17-13)11-6-8-12(19-4)9-7-11/h6-9H,5H2,1-4H3,(H,16,17,18). The summed E-state index contributed by atoms with van der Waals surface area (Å²) in [7, 11) is 1.90. The third-order valence-corrected chi connectivity index (χ3v) is 3.91. The number of hydrogen-bond donors (Lipinski definition) is 1. The monoisotopic (exact) mass is 273 g/mol. The van der Waals surface area contributed by atoms with Crippen LogP contribution in [0.1, 0.15) is 18.2 Å². The van der Waals surface area contributed by atoms with Gasteiger partial charge in [-0.1, -0.05) is 19.1 Å². The Morgan fingerprint density at radius 2 is 1.84 bits per heavy atom. The summed E-state index contributed by atoms with van der Waals surface area (Å²) in [5.41, 5.74) is 3.29. The Kier molecular flexibility index (Phi) is 4.43. The summed E-state index contributed by atoms with van der Waals surface area (Å²) >= 11 is 1.74. The van der Waals surface area contributed by atoms with E-state index in [1.807, 2.05) is 7.05 Å². The van der Waals surface area contributed by atoms with E-state index in [4.69, 9.17) is 0 Å². The first-order valence-corrected chi connectivity index (χ1v) is 7.61. The fourth-order valence-electron chi connectivity index (χ4n) is 2.02. The molecular weight excluding hydrogens is 254 g/mol. The second-order valence-electron chi connectivity index (χ2n) is 4.30. The molecule has 0 saturated carbocycles. The van der Waals surface area contributed by atoms with Crippen LogP contribution < -0.4 is 5.32 Å². The molecule has 0 spiro atoms. The zero-order valence-electron chi connectivity index (χ0n) is 11.8. The van der Waals surface area contributed by atoms with Crippen molar-refractivity contribution in [3.05, 3.63) is 35.5 Å².